The van der Waals surface area contributed by atoms with E-state index in [1.807, 2.05) is 0 Å². The van der Waals surface area contributed by atoms with Gasteiger partial charge in [0.05, 0.1) is 5.56 Å². The van der Waals surface area contributed by atoms with Crippen LogP contribution in [0, 0.1) is 0 Å². The second-order valence-corrected chi connectivity index (χ2v) is 3.98. The molecule has 0 spiro atoms. The van der Waals surface area contributed by atoms with Crippen LogP contribution in [0.2, 0.25) is 0 Å². The van der Waals surface area contributed by atoms with Crippen LogP contribution in [0.15, 0.2) is 41.3 Å². The number of hydrogen-bond acceptors (Lipinski definition) is 6. The average molecular weight is 311 g/mol. The molecule has 0 unspecified atom stereocenters. The molecule has 94 valence electrons. The van der Waals surface area contributed by atoms with Crippen molar-refractivity contribution in [2.75, 3.05) is 5.43 Å². The third kappa shape index (κ3) is 4.48. The zero-order chi connectivity index (χ0) is 13.4. The summed E-state index contributed by atoms with van der Waals surface area (Å²) in [5.41, 5.74) is 2.68. The topological polar surface area (TPSA) is 101 Å². The fraction of sp³-hybridized carbons (Fsp3) is 0. The number of benzene rings is 1. The number of aromatic nitrogens is 2. The Morgan fingerprint density at radius 2 is 2.17 bits per heavy atom. The maximum absolute atomic E-state index is 10.2. The molecule has 0 atom stereocenters. The highest BCUT2D eigenvalue weighted by Crippen LogP contribution is 2.19. The maximum Gasteiger partial charge on any atom is 0.153 e. The Kier molecular flexibility index (Phi) is 5.75. The van der Waals surface area contributed by atoms with Crippen molar-refractivity contribution in [1.29, 1.82) is 0 Å². The zero-order valence-electron chi connectivity index (χ0n) is 9.25. The van der Waals surface area contributed by atoms with E-state index in [9.17, 15) is 4.79 Å². The van der Waals surface area contributed by atoms with Crippen LogP contribution in [-0.4, -0.2) is 21.4 Å². The molecular weight excluding hydrogens is 300 g/mol. The highest BCUT2D eigenvalue weighted by atomic mass is 79.9. The first-order chi connectivity index (χ1) is 8.67. The number of rotatable bonds is 2. The molecule has 0 saturated heterocycles. The van der Waals surface area contributed by atoms with Gasteiger partial charge >= 0.3 is 0 Å². The van der Waals surface area contributed by atoms with Crippen molar-refractivity contribution in [3.8, 4) is 5.75 Å². The molecule has 18 heavy (non-hydrogen) atoms. The van der Waals surface area contributed by atoms with Crippen LogP contribution in [0.25, 0.3) is 0 Å². The van der Waals surface area contributed by atoms with Crippen LogP contribution in [0.5, 0.6) is 5.75 Å². The minimum absolute atomic E-state index is 0.0122. The number of nitrogens with one attached hydrogen (secondary N) is 1. The van der Waals surface area contributed by atoms with Crippen LogP contribution >= 0.6 is 15.9 Å². The van der Waals surface area contributed by atoms with Gasteiger partial charge in [0.25, 0.3) is 0 Å². The number of phenolic OH excluding ortho intramolecular Hbond substituents is 1. The minimum atomic E-state index is 0.0122. The monoisotopic (exact) mass is 310 g/mol. The number of nitrogens with zero attached hydrogens (tertiary/aromatic N) is 2. The van der Waals surface area contributed by atoms with Gasteiger partial charge in [-0.15, -0.1) is 0 Å². The molecule has 2 rings (SSSR count). The van der Waals surface area contributed by atoms with Gasteiger partial charge in [0.1, 0.15) is 17.9 Å². The van der Waals surface area contributed by atoms with E-state index in [1.165, 1.54) is 12.4 Å². The number of carbonyl (C=O) groups excluding carboxylic acids is 1. The van der Waals surface area contributed by atoms with Gasteiger partial charge in [0, 0.05) is 16.7 Å². The van der Waals surface area contributed by atoms with Gasteiger partial charge < -0.3 is 10.5 Å². The van der Waals surface area contributed by atoms with E-state index < -0.39 is 0 Å². The summed E-state index contributed by atoms with van der Waals surface area (Å²) >= 11 is 3.17. The normalized spacial score (nSPS) is 9.00. The van der Waals surface area contributed by atoms with E-state index in [0.717, 1.165) is 4.47 Å². The van der Waals surface area contributed by atoms with E-state index in [0.29, 0.717) is 17.7 Å². The molecule has 6 nitrogen and oxygen atoms in total. The molecule has 0 aliphatic carbocycles. The minimum Gasteiger partial charge on any atom is -0.507 e. The van der Waals surface area contributed by atoms with Crippen molar-refractivity contribution < 1.29 is 9.90 Å². The van der Waals surface area contributed by atoms with Crippen LogP contribution in [-0.2, 0) is 0 Å². The van der Waals surface area contributed by atoms with E-state index in [-0.39, 0.29) is 5.75 Å². The van der Waals surface area contributed by atoms with E-state index in [2.05, 4.69) is 31.3 Å². The highest BCUT2D eigenvalue weighted by Gasteiger charge is 1.97. The van der Waals surface area contributed by atoms with Gasteiger partial charge in [0.15, 0.2) is 6.29 Å². The van der Waals surface area contributed by atoms with Crippen molar-refractivity contribution in [3.05, 3.63) is 46.8 Å². The molecule has 1 aromatic heterocycles. The third-order valence-electron chi connectivity index (χ3n) is 1.85. The SMILES string of the molecule is NNc1ccncn1.O=Cc1cc(Br)ccc1O. The Balaban J connectivity index is 0.000000184. The number of halogens is 1. The summed E-state index contributed by atoms with van der Waals surface area (Å²) in [7, 11) is 0. The van der Waals surface area contributed by atoms with Gasteiger partial charge in [0.2, 0.25) is 0 Å². The molecule has 7 heteroatoms. The number of hydrazine groups is 1. The number of anilines is 1. The summed E-state index contributed by atoms with van der Waals surface area (Å²) in [5.74, 6) is 5.65. The van der Waals surface area contributed by atoms with Gasteiger partial charge in [-0.2, -0.15) is 0 Å². The Bertz CT molecular complexity index is 508. The van der Waals surface area contributed by atoms with Gasteiger partial charge in [-0.05, 0) is 18.2 Å². The molecule has 1 heterocycles. The van der Waals surface area contributed by atoms with Crippen LogP contribution in [0.4, 0.5) is 5.82 Å². The second kappa shape index (κ2) is 7.36. The first-order valence-electron chi connectivity index (χ1n) is 4.83. The summed E-state index contributed by atoms with van der Waals surface area (Å²) in [4.78, 5) is 17.6. The summed E-state index contributed by atoms with van der Waals surface area (Å²) in [6.07, 6.45) is 3.65. The Morgan fingerprint density at radius 3 is 2.61 bits per heavy atom. The summed E-state index contributed by atoms with van der Waals surface area (Å²) in [6.45, 7) is 0. The summed E-state index contributed by atoms with van der Waals surface area (Å²) in [6, 6.07) is 6.37. The molecular formula is C11H11BrN4O2. The predicted octanol–water partition coefficient (Wildman–Crippen LogP) is 1.73. The van der Waals surface area contributed by atoms with Crippen molar-refractivity contribution in [1.82, 2.24) is 9.97 Å². The second-order valence-electron chi connectivity index (χ2n) is 3.06. The predicted molar refractivity (Wildman–Crippen MR) is 71.0 cm³/mol. The molecule has 0 saturated carbocycles. The molecule has 0 amide bonds. The van der Waals surface area contributed by atoms with Crippen LogP contribution < -0.4 is 11.3 Å². The highest BCUT2D eigenvalue weighted by molar-refractivity contribution is 9.10. The standard InChI is InChI=1S/C7H5BrO2.C4H6N4/c8-6-1-2-7(10)5(3-6)4-9;5-8-4-1-2-6-3-7-4/h1-4,10H;1-3H,5H2,(H,6,7,8). The lowest BCUT2D eigenvalue weighted by molar-refractivity contribution is 0.112. The molecule has 0 aliphatic rings. The molecule has 1 aromatic carbocycles. The molecule has 0 aliphatic heterocycles. The van der Waals surface area contributed by atoms with E-state index in [4.69, 9.17) is 10.9 Å². The molecule has 0 bridgehead atoms. The number of aromatic hydroxyl groups is 1. The first-order valence-corrected chi connectivity index (χ1v) is 5.63. The van der Waals surface area contributed by atoms with E-state index in [1.54, 1.807) is 24.4 Å². The maximum atomic E-state index is 10.2. The van der Waals surface area contributed by atoms with Crippen LogP contribution in [0.1, 0.15) is 10.4 Å². The van der Waals surface area contributed by atoms with Crippen molar-refractivity contribution >= 4 is 28.0 Å². The Hall–Kier alpha value is -1.99. The smallest absolute Gasteiger partial charge is 0.153 e. The molecule has 4 N–H and O–H groups in total. The van der Waals surface area contributed by atoms with Crippen LogP contribution in [0.3, 0.4) is 0 Å². The number of hydrogen-bond donors (Lipinski definition) is 3. The molecule has 0 fully saturated rings. The average Bonchev–Trinajstić information content (AvgIpc) is 2.43. The number of carbonyl (C=O) groups is 1. The van der Waals surface area contributed by atoms with Gasteiger partial charge in [-0.3, -0.25) is 4.79 Å². The zero-order valence-corrected chi connectivity index (χ0v) is 10.8. The Morgan fingerprint density at radius 1 is 1.39 bits per heavy atom. The largest absolute Gasteiger partial charge is 0.507 e. The lowest BCUT2D eigenvalue weighted by Gasteiger charge is -1.95. The fourth-order valence-electron chi connectivity index (χ4n) is 0.996. The van der Waals surface area contributed by atoms with Gasteiger partial charge in [-0.1, -0.05) is 15.9 Å². The van der Waals surface area contributed by atoms with E-state index >= 15 is 0 Å². The first kappa shape index (κ1) is 14.1. The lowest BCUT2D eigenvalue weighted by Crippen LogP contribution is -2.07. The fourth-order valence-corrected chi connectivity index (χ4v) is 1.37. The lowest BCUT2D eigenvalue weighted by atomic mass is 10.2. The summed E-state index contributed by atoms with van der Waals surface area (Å²) < 4.78 is 0.785. The molecule has 2 aromatic rings. The van der Waals surface area contributed by atoms with Crippen molar-refractivity contribution in [3.63, 3.8) is 0 Å². The number of aldehydes is 1. The van der Waals surface area contributed by atoms with Gasteiger partial charge in [-0.25, -0.2) is 15.8 Å². The summed E-state index contributed by atoms with van der Waals surface area (Å²) in [5, 5.41) is 8.98. The van der Waals surface area contributed by atoms with Crippen molar-refractivity contribution in [2.45, 2.75) is 0 Å². The number of nitrogens with two attached hydrogens (primary N) is 1. The number of phenols is 1. The third-order valence-corrected chi connectivity index (χ3v) is 2.34. The molecule has 0 radical (unpaired) electrons. The quantitative estimate of drug-likeness (QED) is 0.443. The Labute approximate surface area is 112 Å². The number of nitrogen functional groups attached to an aromatic ring is 1. The van der Waals surface area contributed by atoms with Crippen molar-refractivity contribution in [2.24, 2.45) is 5.84 Å².